The summed E-state index contributed by atoms with van der Waals surface area (Å²) in [6.07, 6.45) is 1.62. The molecule has 0 atom stereocenters. The van der Waals surface area contributed by atoms with E-state index < -0.39 is 11.7 Å². The van der Waals surface area contributed by atoms with Crippen LogP contribution < -0.4 is 10.1 Å². The smallest absolute Gasteiger partial charge is 0.276 e. The van der Waals surface area contributed by atoms with Gasteiger partial charge in [0.1, 0.15) is 11.6 Å². The number of carbonyl (C=O) groups is 1. The normalized spacial score (nSPS) is 10.6. The van der Waals surface area contributed by atoms with Crippen LogP contribution in [0, 0.1) is 19.7 Å². The van der Waals surface area contributed by atoms with Gasteiger partial charge in [0.2, 0.25) is 0 Å². The molecular weight excluding hydrogens is 357 g/mol. The fourth-order valence-corrected chi connectivity index (χ4v) is 2.59. The maximum absolute atomic E-state index is 13.8. The predicted octanol–water partition coefficient (Wildman–Crippen LogP) is 4.58. The van der Waals surface area contributed by atoms with Gasteiger partial charge in [-0.25, -0.2) is 9.07 Å². The van der Waals surface area contributed by atoms with Crippen LogP contribution >= 0.6 is 11.6 Å². The third kappa shape index (κ3) is 4.21. The lowest BCUT2D eigenvalue weighted by Gasteiger charge is -2.09. The molecule has 0 aliphatic heterocycles. The van der Waals surface area contributed by atoms with Crippen LogP contribution in [0.5, 0.6) is 5.75 Å². The van der Waals surface area contributed by atoms with Gasteiger partial charge >= 0.3 is 0 Å². The molecule has 1 aromatic heterocycles. The van der Waals surface area contributed by atoms with E-state index in [1.165, 1.54) is 22.9 Å². The highest BCUT2D eigenvalue weighted by Gasteiger charge is 2.13. The molecule has 0 saturated heterocycles. The van der Waals surface area contributed by atoms with Crippen molar-refractivity contribution in [1.29, 1.82) is 0 Å². The summed E-state index contributed by atoms with van der Waals surface area (Å²) in [6, 6.07) is 11.4. The highest BCUT2D eigenvalue weighted by Crippen LogP contribution is 2.20. The number of nitrogens with one attached hydrogen (secondary N) is 1. The zero-order valence-corrected chi connectivity index (χ0v) is 15.0. The number of halogens is 2. The molecule has 1 amide bonds. The molecule has 134 valence electrons. The number of amides is 1. The van der Waals surface area contributed by atoms with Crippen molar-refractivity contribution in [3.8, 4) is 5.75 Å². The third-order valence-corrected chi connectivity index (χ3v) is 3.97. The molecule has 0 saturated carbocycles. The van der Waals surface area contributed by atoms with E-state index in [4.69, 9.17) is 16.3 Å². The number of hydrogen-bond acceptors (Lipinski definition) is 3. The highest BCUT2D eigenvalue weighted by molar-refractivity contribution is 6.30. The summed E-state index contributed by atoms with van der Waals surface area (Å²) in [4.78, 5) is 12.2. The van der Waals surface area contributed by atoms with Crippen molar-refractivity contribution in [2.24, 2.45) is 0 Å². The molecule has 7 heteroatoms. The fraction of sp³-hybridized carbons (Fsp3) is 0.158. The molecule has 3 aromatic rings. The Labute approximate surface area is 155 Å². The van der Waals surface area contributed by atoms with Gasteiger partial charge in [-0.3, -0.25) is 4.79 Å². The summed E-state index contributed by atoms with van der Waals surface area (Å²) in [5.41, 5.74) is 2.37. The first-order valence-electron chi connectivity index (χ1n) is 7.92. The lowest BCUT2D eigenvalue weighted by molar-refractivity contribution is 0.101. The fourth-order valence-electron chi connectivity index (χ4n) is 2.43. The van der Waals surface area contributed by atoms with Crippen LogP contribution in [0.1, 0.15) is 21.6 Å². The van der Waals surface area contributed by atoms with Gasteiger partial charge in [-0.1, -0.05) is 29.3 Å². The van der Waals surface area contributed by atoms with Gasteiger partial charge in [-0.2, -0.15) is 5.10 Å². The van der Waals surface area contributed by atoms with Gasteiger partial charge in [-0.05, 0) is 49.7 Å². The average Bonchev–Trinajstić information content (AvgIpc) is 3.06. The Morgan fingerprint density at radius 3 is 2.77 bits per heavy atom. The maximum Gasteiger partial charge on any atom is 0.276 e. The van der Waals surface area contributed by atoms with Gasteiger partial charge in [0, 0.05) is 11.2 Å². The van der Waals surface area contributed by atoms with E-state index in [0.29, 0.717) is 0 Å². The average molecular weight is 374 g/mol. The van der Waals surface area contributed by atoms with Gasteiger partial charge < -0.3 is 10.1 Å². The molecule has 1 N–H and O–H groups in total. The molecule has 3 rings (SSSR count). The summed E-state index contributed by atoms with van der Waals surface area (Å²) in [7, 11) is 0. The zero-order valence-electron chi connectivity index (χ0n) is 14.3. The van der Waals surface area contributed by atoms with Gasteiger partial charge in [0.05, 0.1) is 5.69 Å². The van der Waals surface area contributed by atoms with Crippen LogP contribution in [0.15, 0.2) is 48.7 Å². The number of ether oxygens (including phenoxy) is 1. The number of benzene rings is 2. The molecule has 2 aromatic carbocycles. The number of aromatic nitrogens is 2. The van der Waals surface area contributed by atoms with Crippen molar-refractivity contribution in [1.82, 2.24) is 9.78 Å². The van der Waals surface area contributed by atoms with Crippen molar-refractivity contribution in [2.45, 2.75) is 20.6 Å². The lowest BCUT2D eigenvalue weighted by atomic mass is 10.1. The minimum Gasteiger partial charge on any atom is -0.471 e. The van der Waals surface area contributed by atoms with E-state index in [0.717, 1.165) is 22.9 Å². The molecule has 0 fully saturated rings. The molecule has 0 spiro atoms. The van der Waals surface area contributed by atoms with E-state index in [1.807, 2.05) is 32.0 Å². The molecule has 0 aliphatic rings. The molecule has 1 heterocycles. The number of nitrogens with zero attached hydrogens (tertiary/aromatic N) is 2. The SMILES string of the molecule is Cc1ccc(OCn2ccc(C(=O)Nc3ccc(Cl)cc3F)n2)c(C)c1. The molecule has 0 aliphatic carbocycles. The van der Waals surface area contributed by atoms with Gasteiger partial charge in [0.15, 0.2) is 12.4 Å². The van der Waals surface area contributed by atoms with Crippen LogP contribution in [-0.4, -0.2) is 15.7 Å². The van der Waals surface area contributed by atoms with Crippen LogP contribution in [-0.2, 0) is 6.73 Å². The number of aryl methyl sites for hydroxylation is 2. The Morgan fingerprint density at radius 1 is 1.23 bits per heavy atom. The molecule has 0 radical (unpaired) electrons. The molecular formula is C19H17ClFN3O2. The van der Waals surface area contributed by atoms with Crippen LogP contribution in [0.25, 0.3) is 0 Å². The van der Waals surface area contributed by atoms with E-state index in [-0.39, 0.29) is 23.1 Å². The molecule has 0 unspecified atom stereocenters. The zero-order chi connectivity index (χ0) is 18.7. The topological polar surface area (TPSA) is 56.1 Å². The Bertz CT molecular complexity index is 956. The number of carbonyl (C=O) groups excluding carboxylic acids is 1. The second-order valence-corrected chi connectivity index (χ2v) is 6.30. The van der Waals surface area contributed by atoms with Crippen LogP contribution in [0.3, 0.4) is 0 Å². The van der Waals surface area contributed by atoms with Crippen LogP contribution in [0.4, 0.5) is 10.1 Å². The van der Waals surface area contributed by atoms with Gasteiger partial charge in [-0.15, -0.1) is 0 Å². The first kappa shape index (κ1) is 17.9. The highest BCUT2D eigenvalue weighted by atomic mass is 35.5. The van der Waals surface area contributed by atoms with Crippen LogP contribution in [0.2, 0.25) is 5.02 Å². The Morgan fingerprint density at radius 2 is 2.04 bits per heavy atom. The summed E-state index contributed by atoms with van der Waals surface area (Å²) in [6.45, 7) is 4.14. The van der Waals surface area contributed by atoms with Crippen molar-refractivity contribution in [3.05, 3.63) is 76.3 Å². The first-order chi connectivity index (χ1) is 12.4. The van der Waals surface area contributed by atoms with Gasteiger partial charge in [0.25, 0.3) is 5.91 Å². The Kier molecular flexibility index (Phi) is 5.23. The lowest BCUT2D eigenvalue weighted by Crippen LogP contribution is -2.15. The predicted molar refractivity (Wildman–Crippen MR) is 98.1 cm³/mol. The Balaban J connectivity index is 1.64. The van der Waals surface area contributed by atoms with E-state index in [9.17, 15) is 9.18 Å². The van der Waals surface area contributed by atoms with E-state index >= 15 is 0 Å². The van der Waals surface area contributed by atoms with E-state index in [2.05, 4.69) is 10.4 Å². The second-order valence-electron chi connectivity index (χ2n) is 5.86. The third-order valence-electron chi connectivity index (χ3n) is 3.74. The van der Waals surface area contributed by atoms with Crippen molar-refractivity contribution in [2.75, 3.05) is 5.32 Å². The summed E-state index contributed by atoms with van der Waals surface area (Å²) >= 11 is 5.70. The maximum atomic E-state index is 13.8. The number of hydrogen-bond donors (Lipinski definition) is 1. The minimum absolute atomic E-state index is 0.0421. The molecule has 0 bridgehead atoms. The number of rotatable bonds is 5. The van der Waals surface area contributed by atoms with E-state index in [1.54, 1.807) is 6.20 Å². The van der Waals surface area contributed by atoms with Crippen molar-refractivity contribution in [3.63, 3.8) is 0 Å². The molecule has 26 heavy (non-hydrogen) atoms. The first-order valence-corrected chi connectivity index (χ1v) is 8.30. The quantitative estimate of drug-likeness (QED) is 0.712. The second kappa shape index (κ2) is 7.58. The largest absolute Gasteiger partial charge is 0.471 e. The standard InChI is InChI=1S/C19H17ClFN3O2/c1-12-3-6-18(13(2)9-12)26-11-24-8-7-17(23-24)19(25)22-16-5-4-14(20)10-15(16)21/h3-10H,11H2,1-2H3,(H,22,25). The summed E-state index contributed by atoms with van der Waals surface area (Å²) in [5.74, 6) is -0.375. The summed E-state index contributed by atoms with van der Waals surface area (Å²) < 4.78 is 21.0. The number of anilines is 1. The minimum atomic E-state index is -0.608. The van der Waals surface area contributed by atoms with Crippen molar-refractivity contribution >= 4 is 23.2 Å². The summed E-state index contributed by atoms with van der Waals surface area (Å²) in [5, 5.41) is 6.87. The monoisotopic (exact) mass is 373 g/mol. The van der Waals surface area contributed by atoms with Crippen molar-refractivity contribution < 1.29 is 13.9 Å². The molecule has 5 nitrogen and oxygen atoms in total. The Hall–Kier alpha value is -2.86.